The second-order valence-electron chi connectivity index (χ2n) is 4.79. The summed E-state index contributed by atoms with van der Waals surface area (Å²) >= 11 is 3.53. The number of hydrogen-bond donors (Lipinski definition) is 1. The predicted molar refractivity (Wildman–Crippen MR) is 80.4 cm³/mol. The van der Waals surface area contributed by atoms with E-state index in [1.807, 2.05) is 12.1 Å². The van der Waals surface area contributed by atoms with E-state index in [9.17, 15) is 0 Å². The fraction of sp³-hybridized carbons (Fsp3) is 0.250. The minimum Gasteiger partial charge on any atom is -0.496 e. The molecule has 98 valence electrons. The van der Waals surface area contributed by atoms with Gasteiger partial charge in [-0.15, -0.1) is 0 Å². The first kappa shape index (κ1) is 12.7. The lowest BCUT2D eigenvalue weighted by molar-refractivity contribution is 0.406. The van der Waals surface area contributed by atoms with Crippen LogP contribution in [0.4, 0.5) is 0 Å². The Kier molecular flexibility index (Phi) is 3.58. The third-order valence-electron chi connectivity index (χ3n) is 3.64. The third kappa shape index (κ3) is 2.53. The molecule has 0 aliphatic carbocycles. The average Bonchev–Trinajstić information content (AvgIpc) is 2.83. The van der Waals surface area contributed by atoms with Crippen molar-refractivity contribution in [2.24, 2.45) is 0 Å². The van der Waals surface area contributed by atoms with Crippen LogP contribution in [0.25, 0.3) is 0 Å². The number of hydrogen-bond acceptors (Lipinski definition) is 2. The van der Waals surface area contributed by atoms with Crippen molar-refractivity contribution in [3.8, 4) is 5.75 Å². The Morgan fingerprint density at radius 1 is 1.26 bits per heavy atom. The highest BCUT2D eigenvalue weighted by Crippen LogP contribution is 2.32. The van der Waals surface area contributed by atoms with E-state index >= 15 is 0 Å². The molecule has 2 aromatic rings. The molecule has 0 bridgehead atoms. The number of fused-ring (bicyclic) bond motifs is 1. The van der Waals surface area contributed by atoms with Crippen LogP contribution in [-0.4, -0.2) is 7.11 Å². The van der Waals surface area contributed by atoms with E-state index in [0.29, 0.717) is 6.04 Å². The van der Waals surface area contributed by atoms with Crippen LogP contribution in [-0.2, 0) is 13.0 Å². The molecule has 0 saturated carbocycles. The van der Waals surface area contributed by atoms with Gasteiger partial charge in [-0.3, -0.25) is 0 Å². The summed E-state index contributed by atoms with van der Waals surface area (Å²) < 4.78 is 6.54. The van der Waals surface area contributed by atoms with Crippen molar-refractivity contribution in [2.75, 3.05) is 7.11 Å². The SMILES string of the molecule is COc1ccc(Br)cc1CC1NCc2ccccc21. The molecule has 0 amide bonds. The van der Waals surface area contributed by atoms with Gasteiger partial charge in [0.25, 0.3) is 0 Å². The molecule has 2 nitrogen and oxygen atoms in total. The lowest BCUT2D eigenvalue weighted by Crippen LogP contribution is -2.15. The second kappa shape index (κ2) is 5.35. The van der Waals surface area contributed by atoms with E-state index in [-0.39, 0.29) is 0 Å². The van der Waals surface area contributed by atoms with Gasteiger partial charge in [0.2, 0.25) is 0 Å². The van der Waals surface area contributed by atoms with E-state index in [4.69, 9.17) is 4.74 Å². The maximum Gasteiger partial charge on any atom is 0.122 e. The number of benzene rings is 2. The predicted octanol–water partition coefficient (Wildman–Crippen LogP) is 3.84. The van der Waals surface area contributed by atoms with Crippen LogP contribution < -0.4 is 10.1 Å². The Balaban J connectivity index is 1.89. The van der Waals surface area contributed by atoms with Crippen molar-refractivity contribution in [3.05, 3.63) is 63.6 Å². The number of ether oxygens (including phenoxy) is 1. The fourth-order valence-corrected chi connectivity index (χ4v) is 3.10. The Morgan fingerprint density at radius 2 is 2.11 bits per heavy atom. The molecule has 0 aromatic heterocycles. The molecule has 0 radical (unpaired) electrons. The molecule has 0 spiro atoms. The first-order valence-corrected chi connectivity index (χ1v) is 7.21. The van der Waals surface area contributed by atoms with Gasteiger partial charge in [0.15, 0.2) is 0 Å². The molecule has 0 saturated heterocycles. The van der Waals surface area contributed by atoms with E-state index in [1.54, 1.807) is 7.11 Å². The zero-order chi connectivity index (χ0) is 13.2. The molecular weight excluding hydrogens is 302 g/mol. The molecule has 3 heteroatoms. The van der Waals surface area contributed by atoms with Gasteiger partial charge in [-0.1, -0.05) is 40.2 Å². The summed E-state index contributed by atoms with van der Waals surface area (Å²) in [5, 5.41) is 3.57. The monoisotopic (exact) mass is 317 g/mol. The minimum atomic E-state index is 0.374. The highest BCUT2D eigenvalue weighted by molar-refractivity contribution is 9.10. The molecule has 19 heavy (non-hydrogen) atoms. The van der Waals surface area contributed by atoms with Crippen LogP contribution in [0.1, 0.15) is 22.7 Å². The molecule has 2 aromatic carbocycles. The lowest BCUT2D eigenvalue weighted by Gasteiger charge is -2.15. The maximum absolute atomic E-state index is 5.45. The summed E-state index contributed by atoms with van der Waals surface area (Å²) in [7, 11) is 1.72. The molecule has 1 atom stereocenters. The number of methoxy groups -OCH3 is 1. The fourth-order valence-electron chi connectivity index (χ4n) is 2.69. The molecule has 1 unspecified atom stereocenters. The number of nitrogens with one attached hydrogen (secondary N) is 1. The van der Waals surface area contributed by atoms with Gasteiger partial charge in [-0.2, -0.15) is 0 Å². The molecule has 1 heterocycles. The first-order valence-electron chi connectivity index (χ1n) is 6.41. The Labute approximate surface area is 121 Å². The van der Waals surface area contributed by atoms with Crippen LogP contribution in [0.2, 0.25) is 0 Å². The van der Waals surface area contributed by atoms with E-state index in [1.165, 1.54) is 16.7 Å². The van der Waals surface area contributed by atoms with E-state index in [0.717, 1.165) is 23.2 Å². The van der Waals surface area contributed by atoms with Gasteiger partial charge >= 0.3 is 0 Å². The summed E-state index contributed by atoms with van der Waals surface area (Å²) in [6.07, 6.45) is 0.944. The van der Waals surface area contributed by atoms with Crippen molar-refractivity contribution >= 4 is 15.9 Å². The molecule has 3 rings (SSSR count). The number of rotatable bonds is 3. The standard InChI is InChI=1S/C16H16BrNO/c1-19-16-7-6-13(17)8-12(16)9-15-14-5-3-2-4-11(14)10-18-15/h2-8,15,18H,9-10H2,1H3. The van der Waals surface area contributed by atoms with Crippen LogP contribution in [0.15, 0.2) is 46.9 Å². The van der Waals surface area contributed by atoms with Crippen molar-refractivity contribution in [1.82, 2.24) is 5.32 Å². The van der Waals surface area contributed by atoms with E-state index < -0.39 is 0 Å². The van der Waals surface area contributed by atoms with Crippen molar-refractivity contribution in [1.29, 1.82) is 0 Å². The Bertz CT molecular complexity index is 597. The summed E-state index contributed by atoms with van der Waals surface area (Å²) in [6, 6.07) is 15.2. The van der Waals surface area contributed by atoms with Crippen molar-refractivity contribution in [3.63, 3.8) is 0 Å². The van der Waals surface area contributed by atoms with Crippen LogP contribution in [0.5, 0.6) is 5.75 Å². The van der Waals surface area contributed by atoms with Gasteiger partial charge in [-0.25, -0.2) is 0 Å². The highest BCUT2D eigenvalue weighted by Gasteiger charge is 2.22. The first-order chi connectivity index (χ1) is 9.28. The molecule has 0 fully saturated rings. The maximum atomic E-state index is 5.45. The second-order valence-corrected chi connectivity index (χ2v) is 5.71. The largest absolute Gasteiger partial charge is 0.496 e. The minimum absolute atomic E-state index is 0.374. The summed E-state index contributed by atoms with van der Waals surface area (Å²) in [5.74, 6) is 0.953. The molecule has 1 aliphatic rings. The quantitative estimate of drug-likeness (QED) is 0.928. The van der Waals surface area contributed by atoms with Gasteiger partial charge in [-0.05, 0) is 41.3 Å². The molecular formula is C16H16BrNO. The smallest absolute Gasteiger partial charge is 0.122 e. The van der Waals surface area contributed by atoms with Gasteiger partial charge < -0.3 is 10.1 Å². The average molecular weight is 318 g/mol. The normalized spacial score (nSPS) is 17.3. The zero-order valence-corrected chi connectivity index (χ0v) is 12.4. The van der Waals surface area contributed by atoms with Gasteiger partial charge in [0.05, 0.1) is 7.11 Å². The molecule has 1 aliphatic heterocycles. The van der Waals surface area contributed by atoms with Crippen molar-refractivity contribution in [2.45, 2.75) is 19.0 Å². The summed E-state index contributed by atoms with van der Waals surface area (Å²) in [5.41, 5.74) is 4.04. The van der Waals surface area contributed by atoms with Gasteiger partial charge in [0, 0.05) is 17.1 Å². The van der Waals surface area contributed by atoms with Gasteiger partial charge in [0.1, 0.15) is 5.75 Å². The van der Waals surface area contributed by atoms with Crippen LogP contribution in [0.3, 0.4) is 0 Å². The summed E-state index contributed by atoms with van der Waals surface area (Å²) in [4.78, 5) is 0. The Hall–Kier alpha value is -1.32. The Morgan fingerprint density at radius 3 is 2.95 bits per heavy atom. The lowest BCUT2D eigenvalue weighted by atomic mass is 9.98. The summed E-state index contributed by atoms with van der Waals surface area (Å²) in [6.45, 7) is 0.956. The zero-order valence-electron chi connectivity index (χ0n) is 10.8. The van der Waals surface area contributed by atoms with Crippen molar-refractivity contribution < 1.29 is 4.74 Å². The van der Waals surface area contributed by atoms with Crippen LogP contribution >= 0.6 is 15.9 Å². The van der Waals surface area contributed by atoms with E-state index in [2.05, 4.69) is 51.6 Å². The molecule has 1 N–H and O–H groups in total. The topological polar surface area (TPSA) is 21.3 Å². The third-order valence-corrected chi connectivity index (χ3v) is 4.13. The number of halogens is 1. The van der Waals surface area contributed by atoms with Crippen LogP contribution in [0, 0.1) is 0 Å². The highest BCUT2D eigenvalue weighted by atomic mass is 79.9.